The highest BCUT2D eigenvalue weighted by Gasteiger charge is 2.12. The van der Waals surface area contributed by atoms with Crippen LogP contribution in [0.4, 0.5) is 0 Å². The van der Waals surface area contributed by atoms with Crippen molar-refractivity contribution in [3.8, 4) is 17.2 Å². The molecule has 14 heavy (non-hydrogen) atoms. The van der Waals surface area contributed by atoms with E-state index in [4.69, 9.17) is 16.2 Å². The van der Waals surface area contributed by atoms with Gasteiger partial charge in [-0.15, -0.1) is 0 Å². The Kier molecular flexibility index (Phi) is 3.16. The van der Waals surface area contributed by atoms with E-state index in [9.17, 15) is 10.2 Å². The van der Waals surface area contributed by atoms with Crippen molar-refractivity contribution in [3.05, 3.63) is 17.7 Å². The molecule has 1 atom stereocenters. The lowest BCUT2D eigenvalue weighted by molar-refractivity contribution is 0.350. The summed E-state index contributed by atoms with van der Waals surface area (Å²) < 4.78 is 4.85. The Morgan fingerprint density at radius 2 is 2.07 bits per heavy atom. The van der Waals surface area contributed by atoms with Gasteiger partial charge in [0.25, 0.3) is 0 Å². The number of aromatic hydroxyl groups is 2. The van der Waals surface area contributed by atoms with E-state index in [0.29, 0.717) is 5.56 Å². The quantitative estimate of drug-likeness (QED) is 0.514. The molecule has 1 rings (SSSR count). The summed E-state index contributed by atoms with van der Waals surface area (Å²) in [6, 6.07) is 2.54. The van der Waals surface area contributed by atoms with E-state index < -0.39 is 0 Å². The molecule has 0 radical (unpaired) electrons. The van der Waals surface area contributed by atoms with Gasteiger partial charge >= 0.3 is 0 Å². The van der Waals surface area contributed by atoms with Crippen molar-refractivity contribution in [3.63, 3.8) is 0 Å². The van der Waals surface area contributed by atoms with E-state index in [-0.39, 0.29) is 29.8 Å². The zero-order valence-corrected chi connectivity index (χ0v) is 7.90. The second-order valence-electron chi connectivity index (χ2n) is 2.93. The summed E-state index contributed by atoms with van der Waals surface area (Å²) in [5.41, 5.74) is 11.7. The fourth-order valence-corrected chi connectivity index (χ4v) is 1.12. The molecule has 1 aromatic rings. The van der Waals surface area contributed by atoms with Gasteiger partial charge in [0.15, 0.2) is 11.5 Å². The first-order valence-corrected chi connectivity index (χ1v) is 4.15. The average molecular weight is 198 g/mol. The summed E-state index contributed by atoms with van der Waals surface area (Å²) in [5.74, 6) is -0.368. The van der Waals surface area contributed by atoms with Crippen LogP contribution in [0.5, 0.6) is 17.2 Å². The Hall–Kier alpha value is -1.46. The molecule has 0 spiro atoms. The van der Waals surface area contributed by atoms with Crippen LogP contribution in [0.15, 0.2) is 12.1 Å². The number of phenolic OH excluding ortho intramolecular Hbond substituents is 2. The van der Waals surface area contributed by atoms with Gasteiger partial charge in [-0.1, -0.05) is 0 Å². The molecule has 0 fully saturated rings. The molecule has 5 heteroatoms. The third-order valence-corrected chi connectivity index (χ3v) is 1.98. The fraction of sp³-hybridized carbons (Fsp3) is 0.333. The van der Waals surface area contributed by atoms with Gasteiger partial charge in [-0.2, -0.15) is 0 Å². The largest absolute Gasteiger partial charge is 0.504 e. The molecule has 78 valence electrons. The molecule has 6 N–H and O–H groups in total. The molecule has 0 aliphatic heterocycles. The first kappa shape index (κ1) is 10.6. The SMILES string of the molecule is COc1cc([C@H](N)CN)cc(O)c1O. The molecule has 0 unspecified atom stereocenters. The van der Waals surface area contributed by atoms with Gasteiger partial charge in [0.1, 0.15) is 0 Å². The Morgan fingerprint density at radius 1 is 1.43 bits per heavy atom. The van der Waals surface area contributed by atoms with Crippen molar-refractivity contribution in [2.24, 2.45) is 11.5 Å². The summed E-state index contributed by atoms with van der Waals surface area (Å²) in [6.07, 6.45) is 0. The van der Waals surface area contributed by atoms with Crippen LogP contribution in [0.1, 0.15) is 11.6 Å². The monoisotopic (exact) mass is 198 g/mol. The third-order valence-electron chi connectivity index (χ3n) is 1.98. The van der Waals surface area contributed by atoms with Crippen LogP contribution >= 0.6 is 0 Å². The number of phenols is 2. The lowest BCUT2D eigenvalue weighted by Crippen LogP contribution is -2.20. The predicted molar refractivity (Wildman–Crippen MR) is 52.3 cm³/mol. The molecule has 0 bridgehead atoms. The Morgan fingerprint density at radius 3 is 2.57 bits per heavy atom. The normalized spacial score (nSPS) is 12.5. The summed E-state index contributed by atoms with van der Waals surface area (Å²) >= 11 is 0. The lowest BCUT2D eigenvalue weighted by Gasteiger charge is -2.12. The van der Waals surface area contributed by atoms with Gasteiger partial charge in [-0.25, -0.2) is 0 Å². The first-order chi connectivity index (χ1) is 6.60. The van der Waals surface area contributed by atoms with Crippen molar-refractivity contribution in [1.82, 2.24) is 0 Å². The first-order valence-electron chi connectivity index (χ1n) is 4.15. The summed E-state index contributed by atoms with van der Waals surface area (Å²) in [5, 5.41) is 18.7. The number of hydrogen-bond donors (Lipinski definition) is 4. The molecular weight excluding hydrogens is 184 g/mol. The van der Waals surface area contributed by atoms with Gasteiger partial charge in [0.05, 0.1) is 7.11 Å². The van der Waals surface area contributed by atoms with Crippen molar-refractivity contribution >= 4 is 0 Å². The smallest absolute Gasteiger partial charge is 0.200 e. The maximum atomic E-state index is 9.33. The molecule has 0 aliphatic rings. The maximum absolute atomic E-state index is 9.33. The van der Waals surface area contributed by atoms with Crippen LogP contribution in [-0.2, 0) is 0 Å². The van der Waals surface area contributed by atoms with Crippen LogP contribution in [0, 0.1) is 0 Å². The third kappa shape index (κ3) is 1.89. The average Bonchev–Trinajstić information content (AvgIpc) is 2.20. The summed E-state index contributed by atoms with van der Waals surface area (Å²) in [7, 11) is 1.40. The fourth-order valence-electron chi connectivity index (χ4n) is 1.12. The standard InChI is InChI=1S/C9H14N2O3/c1-14-8-3-5(6(11)4-10)2-7(12)9(8)13/h2-3,6,12-13H,4,10-11H2,1H3/t6-/m1/s1. The topological polar surface area (TPSA) is 102 Å². The minimum Gasteiger partial charge on any atom is -0.504 e. The molecule has 0 amide bonds. The van der Waals surface area contributed by atoms with Gasteiger partial charge in [0, 0.05) is 12.6 Å². The van der Waals surface area contributed by atoms with Crippen LogP contribution in [0.3, 0.4) is 0 Å². The minimum atomic E-state index is -0.379. The Balaban J connectivity index is 3.16. The summed E-state index contributed by atoms with van der Waals surface area (Å²) in [4.78, 5) is 0. The molecule has 1 aromatic carbocycles. The molecule has 0 aliphatic carbocycles. The summed E-state index contributed by atoms with van der Waals surface area (Å²) in [6.45, 7) is 0.257. The van der Waals surface area contributed by atoms with Crippen molar-refractivity contribution < 1.29 is 14.9 Å². The number of nitrogens with two attached hydrogens (primary N) is 2. The van der Waals surface area contributed by atoms with Gasteiger partial charge in [-0.3, -0.25) is 0 Å². The second kappa shape index (κ2) is 4.17. The minimum absolute atomic E-state index is 0.184. The number of methoxy groups -OCH3 is 1. The van der Waals surface area contributed by atoms with E-state index in [0.717, 1.165) is 0 Å². The molecule has 0 aromatic heterocycles. The highest BCUT2D eigenvalue weighted by molar-refractivity contribution is 5.52. The second-order valence-corrected chi connectivity index (χ2v) is 2.93. The van der Waals surface area contributed by atoms with Crippen molar-refractivity contribution in [2.45, 2.75) is 6.04 Å². The zero-order valence-electron chi connectivity index (χ0n) is 7.90. The molecule has 5 nitrogen and oxygen atoms in total. The highest BCUT2D eigenvalue weighted by atomic mass is 16.5. The van der Waals surface area contributed by atoms with E-state index >= 15 is 0 Å². The van der Waals surface area contributed by atoms with E-state index in [2.05, 4.69) is 0 Å². The predicted octanol–water partition coefficient (Wildman–Crippen LogP) is 0.0649. The maximum Gasteiger partial charge on any atom is 0.200 e. The van der Waals surface area contributed by atoms with Crippen LogP contribution in [0.2, 0.25) is 0 Å². The van der Waals surface area contributed by atoms with Gasteiger partial charge < -0.3 is 26.4 Å². The van der Waals surface area contributed by atoms with E-state index in [1.54, 1.807) is 6.07 Å². The number of ether oxygens (including phenoxy) is 1. The van der Waals surface area contributed by atoms with Crippen molar-refractivity contribution in [2.75, 3.05) is 13.7 Å². The Bertz CT molecular complexity index is 328. The molecule has 0 saturated heterocycles. The van der Waals surface area contributed by atoms with Gasteiger partial charge in [-0.05, 0) is 17.7 Å². The molecule has 0 saturated carbocycles. The van der Waals surface area contributed by atoms with Crippen molar-refractivity contribution in [1.29, 1.82) is 0 Å². The zero-order chi connectivity index (χ0) is 10.7. The number of hydrogen-bond acceptors (Lipinski definition) is 5. The number of rotatable bonds is 3. The van der Waals surface area contributed by atoms with Crippen LogP contribution < -0.4 is 16.2 Å². The van der Waals surface area contributed by atoms with Gasteiger partial charge in [0.2, 0.25) is 5.75 Å². The van der Waals surface area contributed by atoms with E-state index in [1.165, 1.54) is 13.2 Å². The highest BCUT2D eigenvalue weighted by Crippen LogP contribution is 2.37. The molecule has 0 heterocycles. The van der Waals surface area contributed by atoms with Crippen LogP contribution in [0.25, 0.3) is 0 Å². The Labute approximate surface area is 81.9 Å². The number of benzene rings is 1. The molecular formula is C9H14N2O3. The van der Waals surface area contributed by atoms with E-state index in [1.807, 2.05) is 0 Å². The van der Waals surface area contributed by atoms with Crippen LogP contribution in [-0.4, -0.2) is 23.9 Å². The lowest BCUT2D eigenvalue weighted by atomic mass is 10.1.